The van der Waals surface area contributed by atoms with E-state index in [0.29, 0.717) is 67.0 Å². The number of phenolic OH excluding ortho intramolecular Hbond substituents is 2. The number of nitrogens with one attached hydrogen (secondary N) is 1. The third-order valence-electron chi connectivity index (χ3n) is 31.8. The molecule has 0 radical (unpaired) electrons. The molecular weight excluding hydrogens is 1660 g/mol. The zero-order chi connectivity index (χ0) is 98.4. The number of aliphatic hydroxyl groups is 1. The number of phenols is 2. The topological polar surface area (TPSA) is 265 Å². The second-order valence-corrected chi connectivity index (χ2v) is 45.4. The summed E-state index contributed by atoms with van der Waals surface area (Å²) in [6, 6.07) is 39.5. The summed E-state index contributed by atoms with van der Waals surface area (Å²) in [4.78, 5) is 97.0. The predicted molar refractivity (Wildman–Crippen MR) is 528 cm³/mol. The van der Waals surface area contributed by atoms with Crippen molar-refractivity contribution in [2.24, 2.45) is 73.4 Å². The van der Waals surface area contributed by atoms with Crippen molar-refractivity contribution in [3.8, 4) is 11.5 Å². The van der Waals surface area contributed by atoms with Crippen LogP contribution in [0.4, 0.5) is 0 Å². The fourth-order valence-corrected chi connectivity index (χ4v) is 19.9. The predicted octanol–water partition coefficient (Wildman–Crippen LogP) is 27.2. The van der Waals surface area contributed by atoms with Crippen molar-refractivity contribution in [1.29, 1.82) is 0 Å². The highest BCUT2D eigenvalue weighted by molar-refractivity contribution is 6.00. The fourth-order valence-electron chi connectivity index (χ4n) is 19.9. The molecule has 18 nitrogen and oxygen atoms in total. The molecule has 736 valence electrons. The maximum Gasteiger partial charge on any atom is 0.347 e. The van der Waals surface area contributed by atoms with Gasteiger partial charge in [0.05, 0.1) is 44.7 Å². The molecule has 0 aromatic heterocycles. The number of cyclic esters (lactones) is 1. The van der Waals surface area contributed by atoms with E-state index in [4.69, 9.17) is 38.6 Å². The number of ether oxygens (including phenoxy) is 6. The molecule has 10 aliphatic carbocycles. The molecule has 1 saturated heterocycles. The van der Waals surface area contributed by atoms with Gasteiger partial charge in [-0.2, -0.15) is 0 Å². The van der Waals surface area contributed by atoms with E-state index in [0.717, 1.165) is 163 Å². The monoisotopic (exact) mass is 1830 g/mol. The van der Waals surface area contributed by atoms with Crippen LogP contribution in [0, 0.1) is 73.4 Å². The minimum absolute atomic E-state index is 0.0226. The number of fused-ring (bicyclic) bond motifs is 1. The van der Waals surface area contributed by atoms with Crippen LogP contribution in [0.15, 0.2) is 121 Å². The normalized spacial score (nSPS) is 24.0. The lowest BCUT2D eigenvalue weighted by Crippen LogP contribution is -2.61. The molecule has 1 heterocycles. The summed E-state index contributed by atoms with van der Waals surface area (Å²) in [5.41, 5.74) is -0.154. The third kappa shape index (κ3) is 29.9. The van der Waals surface area contributed by atoms with Gasteiger partial charge in [-0.3, -0.25) is 38.9 Å². The number of amides is 2. The van der Waals surface area contributed by atoms with E-state index < -0.39 is 56.0 Å². The Morgan fingerprint density at radius 3 is 1.28 bits per heavy atom. The molecule has 5 aromatic rings. The Balaban J connectivity index is 0.000000208. The van der Waals surface area contributed by atoms with Gasteiger partial charge < -0.3 is 43.7 Å². The number of aromatic hydroxyl groups is 2. The van der Waals surface area contributed by atoms with Crippen LogP contribution in [-0.4, -0.2) is 92.5 Å². The van der Waals surface area contributed by atoms with E-state index >= 15 is 0 Å². The van der Waals surface area contributed by atoms with E-state index in [2.05, 4.69) is 83.3 Å². The molecular formula is C114H173NO17. The molecule has 132 heavy (non-hydrogen) atoms. The van der Waals surface area contributed by atoms with Crippen LogP contribution in [0.25, 0.3) is 10.8 Å². The Morgan fingerprint density at radius 1 is 0.447 bits per heavy atom. The van der Waals surface area contributed by atoms with Gasteiger partial charge in [-0.05, 0) is 367 Å². The fraction of sp³-hybridized carbons (Fsp3) is 0.684. The standard InChI is InChI=1S/C19H24O2.C18H26O2.C17H27NO2.C16H26O3.C14H26O2.C10H16O4.2C10H14O/c1-6-18(2,3)17(20)21-19(4,5)16-12-11-14-9-7-8-10-15(14)13-16;1-4-17(2,3)16(19)20-18(13-9-6-10-14-18)15-11-7-5-8-12-15;1-4-16(2,3)14(19)18-15(20)17-8-11-5-12(9-17)7-13(6-11)10-17;1-4-14(2,3)13(17)19-16-8-11-5-12(9-16)7-15(18,6-11)10-16;1-6-13(4,5)12(15)16-14(11(2)3)9-7-8-10-14;1-4-10(2,3)9(12)14-7-5-6-13-8(7)11;2*1-3-8(2)9-4-6-10(11)7-5-9/h7-13H,6H2,1-5H3;5,7-8,11-12H,4,6,9-10,13-14H2,1-3H3;11-13H,4-10H2,1-3H3,(H,18,19,20);11-12,18H,4-10H2,1-3H3;11H,6-10H2,1-5H3;7H,4-6H2,1-3H3;2*4-8,11H,3H2,1-2H3. The molecule has 11 fully saturated rings. The maximum absolute atomic E-state index is 12.7. The quantitative estimate of drug-likeness (QED) is 0.0312. The molecule has 8 bridgehead atoms. The van der Waals surface area contributed by atoms with E-state index in [1.807, 2.05) is 185 Å². The first kappa shape index (κ1) is 111. The van der Waals surface area contributed by atoms with E-state index in [1.54, 1.807) is 38.1 Å². The lowest BCUT2D eigenvalue weighted by molar-refractivity contribution is -0.225. The highest BCUT2D eigenvalue weighted by Crippen LogP contribution is 2.61. The number of hydrogen-bond acceptors (Lipinski definition) is 17. The van der Waals surface area contributed by atoms with Crippen molar-refractivity contribution in [1.82, 2.24) is 5.32 Å². The summed E-state index contributed by atoms with van der Waals surface area (Å²) in [5, 5.41) is 33.8. The number of carbonyl (C=O) groups excluding carboxylic acids is 8. The van der Waals surface area contributed by atoms with Crippen molar-refractivity contribution >= 4 is 58.4 Å². The molecule has 5 unspecified atom stereocenters. The first-order valence-electron chi connectivity index (χ1n) is 50.7. The molecule has 16 rings (SSSR count). The largest absolute Gasteiger partial charge is 0.508 e. The number of esters is 6. The average Bonchev–Trinajstić information content (AvgIpc) is 0.733. The zero-order valence-electron chi connectivity index (χ0n) is 86.2. The van der Waals surface area contributed by atoms with E-state index in [-0.39, 0.29) is 63.7 Å². The van der Waals surface area contributed by atoms with Gasteiger partial charge in [-0.15, -0.1) is 0 Å². The van der Waals surface area contributed by atoms with E-state index in [1.165, 1.54) is 61.5 Å². The highest BCUT2D eigenvalue weighted by atomic mass is 16.6. The van der Waals surface area contributed by atoms with Gasteiger partial charge in [0, 0.05) is 18.3 Å². The second-order valence-electron chi connectivity index (χ2n) is 45.4. The number of rotatable bonds is 25. The van der Waals surface area contributed by atoms with Crippen LogP contribution >= 0.6 is 0 Å². The Hall–Kier alpha value is -8.12. The minimum atomic E-state index is -0.687. The average molecular weight is 1830 g/mol. The summed E-state index contributed by atoms with van der Waals surface area (Å²) in [6.45, 7) is 52.3. The Morgan fingerprint density at radius 2 is 0.856 bits per heavy atom. The van der Waals surface area contributed by atoms with Crippen LogP contribution in [0.3, 0.4) is 0 Å². The van der Waals surface area contributed by atoms with Crippen LogP contribution in [0.5, 0.6) is 11.5 Å². The van der Waals surface area contributed by atoms with E-state index in [9.17, 15) is 43.5 Å². The molecule has 4 N–H and O–H groups in total. The van der Waals surface area contributed by atoms with Gasteiger partial charge in [-0.25, -0.2) is 4.79 Å². The molecule has 5 atom stereocenters. The minimum Gasteiger partial charge on any atom is -0.508 e. The summed E-state index contributed by atoms with van der Waals surface area (Å²) in [6.07, 6.45) is 29.2. The van der Waals surface area contributed by atoms with Crippen LogP contribution < -0.4 is 5.32 Å². The summed E-state index contributed by atoms with van der Waals surface area (Å²) < 4.78 is 33.5. The molecule has 5 aromatic carbocycles. The smallest absolute Gasteiger partial charge is 0.347 e. The third-order valence-corrected chi connectivity index (χ3v) is 31.8. The lowest BCUT2D eigenvalue weighted by Gasteiger charge is -2.59. The van der Waals surface area contributed by atoms with Gasteiger partial charge in [0.15, 0.2) is 0 Å². The van der Waals surface area contributed by atoms with Gasteiger partial charge in [0.2, 0.25) is 17.9 Å². The zero-order valence-corrected chi connectivity index (χ0v) is 86.2. The van der Waals surface area contributed by atoms with Crippen molar-refractivity contribution in [2.75, 3.05) is 6.61 Å². The molecule has 18 heteroatoms. The number of carbonyl (C=O) groups is 8. The van der Waals surface area contributed by atoms with Crippen molar-refractivity contribution < 1.29 is 82.1 Å². The molecule has 0 spiro atoms. The van der Waals surface area contributed by atoms with Gasteiger partial charge in [0.1, 0.15) is 33.9 Å². The SMILES string of the molecule is CCC(C)(C)C(=O)NC(=O)C12CC3CC(CC(C3)C1)C2.CCC(C)(C)C(=O)OC(C)(C)c1ccc2ccccc2c1.CCC(C)(C)C(=O)OC1(C(C)C)CCCC1.CCC(C)(C)C(=O)OC1(c2ccccc2)CCCCC1.CCC(C)(C)C(=O)OC12CC3CC(CC(O)(C3)C1)C2.CCC(C)(C)C(=O)OC1CCOC1=O.CCC(C)c1ccc(O)cc1.CCC(C)c1ccc(O)cc1. The Kier molecular flexibility index (Phi) is 39.6. The summed E-state index contributed by atoms with van der Waals surface area (Å²) >= 11 is 0. The van der Waals surface area contributed by atoms with Gasteiger partial charge in [-0.1, -0.05) is 194 Å². The highest BCUT2D eigenvalue weighted by Gasteiger charge is 2.60. The summed E-state index contributed by atoms with van der Waals surface area (Å²) in [5.74, 6) is 4.49. The number of benzene rings is 5. The van der Waals surface area contributed by atoms with Crippen LogP contribution in [0.2, 0.25) is 0 Å². The second kappa shape index (κ2) is 47.1. The van der Waals surface area contributed by atoms with Crippen molar-refractivity contribution in [3.63, 3.8) is 0 Å². The molecule has 1 aliphatic heterocycles. The van der Waals surface area contributed by atoms with Gasteiger partial charge >= 0.3 is 35.8 Å². The molecule has 2 amide bonds. The molecule has 10 saturated carbocycles. The Labute approximate surface area is 795 Å². The lowest BCUT2D eigenvalue weighted by atomic mass is 9.49. The van der Waals surface area contributed by atoms with Gasteiger partial charge in [0.25, 0.3) is 0 Å². The number of imide groups is 1. The summed E-state index contributed by atoms with van der Waals surface area (Å²) in [7, 11) is 0. The van der Waals surface area contributed by atoms with Crippen LogP contribution in [0.1, 0.15) is 407 Å². The Bertz CT molecular complexity index is 4430. The number of hydrogen-bond donors (Lipinski definition) is 4. The molecule has 11 aliphatic rings. The van der Waals surface area contributed by atoms with Crippen molar-refractivity contribution in [2.45, 2.75) is 419 Å². The first-order valence-corrected chi connectivity index (χ1v) is 50.7. The van der Waals surface area contributed by atoms with Crippen LogP contribution in [-0.2, 0) is 78.0 Å². The maximum atomic E-state index is 12.7. The first-order chi connectivity index (χ1) is 61.6. The van der Waals surface area contributed by atoms with Crippen molar-refractivity contribution in [3.05, 3.63) is 144 Å².